The van der Waals surface area contributed by atoms with Gasteiger partial charge < -0.3 is 4.74 Å². The fourth-order valence-electron chi connectivity index (χ4n) is 2.77. The highest BCUT2D eigenvalue weighted by atomic mass is 32.2. The van der Waals surface area contributed by atoms with Crippen LogP contribution in [0.15, 0.2) is 59.5 Å². The third-order valence-corrected chi connectivity index (χ3v) is 5.35. The van der Waals surface area contributed by atoms with Crippen molar-refractivity contribution in [1.29, 1.82) is 5.26 Å². The minimum Gasteiger partial charge on any atom is -0.480 e. The lowest BCUT2D eigenvalue weighted by Crippen LogP contribution is -1.99. The molecule has 136 valence electrons. The number of aryl methyl sites for hydroxylation is 1. The van der Waals surface area contributed by atoms with Gasteiger partial charge in [-0.05, 0) is 30.7 Å². The molecule has 0 aliphatic carbocycles. The first kappa shape index (κ1) is 18.6. The van der Waals surface area contributed by atoms with Crippen molar-refractivity contribution in [1.82, 2.24) is 4.98 Å². The number of aromatic nitrogens is 1. The number of hydrogen-bond donors (Lipinski definition) is 0. The zero-order valence-electron chi connectivity index (χ0n) is 15.2. The van der Waals surface area contributed by atoms with Crippen molar-refractivity contribution < 1.29 is 13.2 Å². The van der Waals surface area contributed by atoms with Gasteiger partial charge in [-0.2, -0.15) is 5.26 Å². The lowest BCUT2D eigenvalue weighted by atomic mass is 9.97. The zero-order valence-corrected chi connectivity index (χ0v) is 16.0. The van der Waals surface area contributed by atoms with Crippen LogP contribution in [0.25, 0.3) is 22.4 Å². The third kappa shape index (κ3) is 3.83. The van der Waals surface area contributed by atoms with Gasteiger partial charge in [0.1, 0.15) is 11.6 Å². The van der Waals surface area contributed by atoms with Crippen LogP contribution in [0.1, 0.15) is 11.1 Å². The summed E-state index contributed by atoms with van der Waals surface area (Å²) < 4.78 is 28.7. The number of nitrogens with zero attached hydrogens (tertiary/aromatic N) is 2. The Kier molecular flexibility index (Phi) is 4.98. The molecule has 0 spiro atoms. The van der Waals surface area contributed by atoms with Gasteiger partial charge in [-0.3, -0.25) is 0 Å². The molecular formula is C21H18N2O3S. The Labute approximate surface area is 158 Å². The molecule has 0 saturated heterocycles. The monoisotopic (exact) mass is 378 g/mol. The molecule has 0 unspecified atom stereocenters. The summed E-state index contributed by atoms with van der Waals surface area (Å²) in [6, 6.07) is 18.2. The van der Waals surface area contributed by atoms with Gasteiger partial charge in [-0.25, -0.2) is 13.4 Å². The lowest BCUT2D eigenvalue weighted by Gasteiger charge is -2.13. The normalized spacial score (nSPS) is 11.0. The predicted octanol–water partition coefficient (Wildman–Crippen LogP) is 4.01. The van der Waals surface area contributed by atoms with Crippen LogP contribution < -0.4 is 4.74 Å². The van der Waals surface area contributed by atoms with Gasteiger partial charge in [0, 0.05) is 17.4 Å². The molecule has 1 aromatic heterocycles. The predicted molar refractivity (Wildman–Crippen MR) is 104 cm³/mol. The van der Waals surface area contributed by atoms with Crippen molar-refractivity contribution in [2.75, 3.05) is 13.4 Å². The summed E-state index contributed by atoms with van der Waals surface area (Å²) in [5, 5.41) is 9.42. The van der Waals surface area contributed by atoms with E-state index in [0.29, 0.717) is 11.3 Å². The summed E-state index contributed by atoms with van der Waals surface area (Å²) in [6.07, 6.45) is 1.17. The van der Waals surface area contributed by atoms with E-state index in [1.807, 2.05) is 31.2 Å². The molecule has 0 N–H and O–H groups in total. The lowest BCUT2D eigenvalue weighted by molar-refractivity contribution is 0.397. The molecule has 0 saturated carbocycles. The number of benzene rings is 2. The smallest absolute Gasteiger partial charge is 0.232 e. The van der Waals surface area contributed by atoms with Gasteiger partial charge in [0.25, 0.3) is 0 Å². The number of nitriles is 1. The van der Waals surface area contributed by atoms with Crippen LogP contribution in [0.3, 0.4) is 0 Å². The second kappa shape index (κ2) is 7.22. The van der Waals surface area contributed by atoms with Crippen LogP contribution >= 0.6 is 0 Å². The van der Waals surface area contributed by atoms with Crippen molar-refractivity contribution >= 4 is 9.84 Å². The number of rotatable bonds is 4. The van der Waals surface area contributed by atoms with Crippen LogP contribution in [0.2, 0.25) is 0 Å². The SMILES string of the molecule is COc1nc(-c2ccc(C)cc2)c(-c2ccc(S(C)(=O)=O)cc2)cc1C#N. The Morgan fingerprint density at radius 2 is 1.59 bits per heavy atom. The Morgan fingerprint density at radius 1 is 1.00 bits per heavy atom. The molecule has 1 heterocycles. The zero-order chi connectivity index (χ0) is 19.6. The van der Waals surface area contributed by atoms with Gasteiger partial charge in [0.05, 0.1) is 17.7 Å². The molecule has 0 fully saturated rings. The summed E-state index contributed by atoms with van der Waals surface area (Å²) in [5.74, 6) is 0.254. The van der Waals surface area contributed by atoms with Crippen LogP contribution in [-0.2, 0) is 9.84 Å². The van der Waals surface area contributed by atoms with Crippen molar-refractivity contribution in [2.24, 2.45) is 0 Å². The second-order valence-corrected chi connectivity index (χ2v) is 8.23. The van der Waals surface area contributed by atoms with Crippen LogP contribution in [0, 0.1) is 18.3 Å². The Balaban J connectivity index is 2.24. The second-order valence-electron chi connectivity index (χ2n) is 6.22. The first-order valence-corrected chi connectivity index (χ1v) is 10.1. The highest BCUT2D eigenvalue weighted by Gasteiger charge is 2.16. The number of methoxy groups -OCH3 is 1. The van der Waals surface area contributed by atoms with E-state index in [-0.39, 0.29) is 10.8 Å². The standard InChI is InChI=1S/C21H18N2O3S/c1-14-4-6-16(7-5-14)20-19(12-17(13-22)21(23-20)26-2)15-8-10-18(11-9-15)27(3,24)25/h4-12H,1-3H3. The van der Waals surface area contributed by atoms with Gasteiger partial charge in [0.2, 0.25) is 5.88 Å². The van der Waals surface area contributed by atoms with E-state index >= 15 is 0 Å². The van der Waals surface area contributed by atoms with Crippen LogP contribution in [0.4, 0.5) is 0 Å². The summed E-state index contributed by atoms with van der Waals surface area (Å²) in [4.78, 5) is 4.79. The van der Waals surface area contributed by atoms with Gasteiger partial charge in [0.15, 0.2) is 9.84 Å². The quantitative estimate of drug-likeness (QED) is 0.685. The van der Waals surface area contributed by atoms with Crippen molar-refractivity contribution in [3.63, 3.8) is 0 Å². The number of pyridine rings is 1. The number of sulfone groups is 1. The van der Waals surface area contributed by atoms with E-state index in [2.05, 4.69) is 11.1 Å². The van der Waals surface area contributed by atoms with Crippen molar-refractivity contribution in [3.05, 3.63) is 65.7 Å². The van der Waals surface area contributed by atoms with Gasteiger partial charge in [-0.15, -0.1) is 0 Å². The Morgan fingerprint density at radius 3 is 2.11 bits per heavy atom. The summed E-state index contributed by atoms with van der Waals surface area (Å²) in [6.45, 7) is 2.00. The van der Waals surface area contributed by atoms with E-state index in [9.17, 15) is 13.7 Å². The van der Waals surface area contributed by atoms with E-state index in [4.69, 9.17) is 4.74 Å². The topological polar surface area (TPSA) is 80.0 Å². The molecule has 2 aromatic carbocycles. The fraction of sp³-hybridized carbons (Fsp3) is 0.143. The fourth-order valence-corrected chi connectivity index (χ4v) is 3.40. The summed E-state index contributed by atoms with van der Waals surface area (Å²) >= 11 is 0. The first-order chi connectivity index (χ1) is 12.8. The largest absolute Gasteiger partial charge is 0.480 e. The van der Waals surface area contributed by atoms with Gasteiger partial charge >= 0.3 is 0 Å². The van der Waals surface area contributed by atoms with E-state index < -0.39 is 9.84 Å². The first-order valence-electron chi connectivity index (χ1n) is 8.20. The molecule has 3 aromatic rings. The Hall–Kier alpha value is -3.17. The highest BCUT2D eigenvalue weighted by molar-refractivity contribution is 7.90. The van der Waals surface area contributed by atoms with E-state index in [1.54, 1.807) is 30.3 Å². The van der Waals surface area contributed by atoms with Crippen molar-refractivity contribution in [2.45, 2.75) is 11.8 Å². The van der Waals surface area contributed by atoms with Crippen LogP contribution in [0.5, 0.6) is 5.88 Å². The van der Waals surface area contributed by atoms with Crippen molar-refractivity contribution in [3.8, 4) is 34.3 Å². The molecule has 0 atom stereocenters. The molecule has 27 heavy (non-hydrogen) atoms. The Bertz CT molecular complexity index is 1130. The molecule has 0 aliphatic rings. The maximum absolute atomic E-state index is 11.7. The number of hydrogen-bond acceptors (Lipinski definition) is 5. The average Bonchev–Trinajstić information content (AvgIpc) is 2.67. The highest BCUT2D eigenvalue weighted by Crippen LogP contribution is 2.35. The van der Waals surface area contributed by atoms with E-state index in [0.717, 1.165) is 22.3 Å². The minimum atomic E-state index is -3.28. The molecule has 0 bridgehead atoms. The number of ether oxygens (including phenoxy) is 1. The minimum absolute atomic E-state index is 0.241. The van der Waals surface area contributed by atoms with E-state index in [1.165, 1.54) is 13.4 Å². The van der Waals surface area contributed by atoms with Gasteiger partial charge in [-0.1, -0.05) is 42.0 Å². The van der Waals surface area contributed by atoms with Crippen LogP contribution in [-0.4, -0.2) is 26.8 Å². The maximum atomic E-state index is 11.7. The molecule has 5 nitrogen and oxygen atoms in total. The third-order valence-electron chi connectivity index (χ3n) is 4.22. The molecule has 0 amide bonds. The average molecular weight is 378 g/mol. The molecule has 3 rings (SSSR count). The molecule has 0 aliphatic heterocycles. The molecular weight excluding hydrogens is 360 g/mol. The molecule has 0 radical (unpaired) electrons. The summed E-state index contributed by atoms with van der Waals surface area (Å²) in [7, 11) is -1.81. The maximum Gasteiger partial charge on any atom is 0.232 e. The summed E-state index contributed by atoms with van der Waals surface area (Å²) in [5.41, 5.74) is 4.48. The molecule has 6 heteroatoms.